The van der Waals surface area contributed by atoms with Crippen molar-refractivity contribution in [3.05, 3.63) is 0 Å². The van der Waals surface area contributed by atoms with Crippen molar-refractivity contribution in [2.24, 2.45) is 11.1 Å². The predicted molar refractivity (Wildman–Crippen MR) is 46.4 cm³/mol. The van der Waals surface area contributed by atoms with Crippen LogP contribution in [0.25, 0.3) is 0 Å². The third kappa shape index (κ3) is 2.46. The van der Waals surface area contributed by atoms with Gasteiger partial charge in [-0.25, -0.2) is 0 Å². The van der Waals surface area contributed by atoms with Gasteiger partial charge in [0, 0.05) is 12.6 Å². The summed E-state index contributed by atoms with van der Waals surface area (Å²) in [5, 5.41) is 0. The molecule has 0 amide bonds. The molecule has 1 aliphatic carbocycles. The Labute approximate surface area is 69.1 Å². The van der Waals surface area contributed by atoms with Gasteiger partial charge in [0.05, 0.1) is 6.61 Å². The Morgan fingerprint density at radius 3 is 2.82 bits per heavy atom. The highest BCUT2D eigenvalue weighted by Crippen LogP contribution is 2.36. The quantitative estimate of drug-likeness (QED) is 0.674. The first kappa shape index (κ1) is 9.01. The smallest absolute Gasteiger partial charge is 0.0520 e. The minimum Gasteiger partial charge on any atom is -0.381 e. The molecule has 0 aliphatic heterocycles. The van der Waals surface area contributed by atoms with E-state index in [0.29, 0.717) is 11.5 Å². The lowest BCUT2D eigenvalue weighted by Gasteiger charge is -2.22. The van der Waals surface area contributed by atoms with Gasteiger partial charge in [0.1, 0.15) is 0 Å². The van der Waals surface area contributed by atoms with Gasteiger partial charge in [-0.15, -0.1) is 0 Å². The van der Waals surface area contributed by atoms with Crippen molar-refractivity contribution in [3.8, 4) is 0 Å². The van der Waals surface area contributed by atoms with Crippen LogP contribution in [0.4, 0.5) is 0 Å². The van der Waals surface area contributed by atoms with Gasteiger partial charge in [-0.2, -0.15) is 0 Å². The van der Waals surface area contributed by atoms with E-state index in [9.17, 15) is 0 Å². The molecular formula is C9H19NO. The minimum atomic E-state index is 0.370. The summed E-state index contributed by atoms with van der Waals surface area (Å²) < 4.78 is 5.41. The zero-order valence-electron chi connectivity index (χ0n) is 7.60. The molecule has 2 atom stereocenters. The molecule has 0 radical (unpaired) electrons. The standard InChI is InChI=1S/C9H19NO/c1-3-11-7-9(2)5-4-8(10)6-9/h8H,3-7,10H2,1-2H3. The Balaban J connectivity index is 2.29. The average molecular weight is 157 g/mol. The molecule has 2 heteroatoms. The molecule has 2 unspecified atom stereocenters. The van der Waals surface area contributed by atoms with E-state index in [-0.39, 0.29) is 0 Å². The first-order chi connectivity index (χ1) is 5.16. The number of hydrogen-bond acceptors (Lipinski definition) is 2. The summed E-state index contributed by atoms with van der Waals surface area (Å²) in [6.45, 7) is 6.02. The van der Waals surface area contributed by atoms with Gasteiger partial charge >= 0.3 is 0 Å². The summed E-state index contributed by atoms with van der Waals surface area (Å²) >= 11 is 0. The largest absolute Gasteiger partial charge is 0.381 e. The lowest BCUT2D eigenvalue weighted by molar-refractivity contribution is 0.0638. The number of rotatable bonds is 3. The van der Waals surface area contributed by atoms with Gasteiger partial charge in [0.2, 0.25) is 0 Å². The van der Waals surface area contributed by atoms with Crippen LogP contribution in [0, 0.1) is 5.41 Å². The van der Waals surface area contributed by atoms with Crippen molar-refractivity contribution in [1.82, 2.24) is 0 Å². The number of ether oxygens (including phenoxy) is 1. The van der Waals surface area contributed by atoms with E-state index in [1.807, 2.05) is 6.92 Å². The SMILES string of the molecule is CCOCC1(C)CCC(N)C1. The van der Waals surface area contributed by atoms with Crippen molar-refractivity contribution in [3.63, 3.8) is 0 Å². The molecule has 11 heavy (non-hydrogen) atoms. The van der Waals surface area contributed by atoms with E-state index in [1.165, 1.54) is 12.8 Å². The first-order valence-electron chi connectivity index (χ1n) is 4.49. The van der Waals surface area contributed by atoms with Gasteiger partial charge < -0.3 is 10.5 Å². The fourth-order valence-corrected chi connectivity index (χ4v) is 1.85. The van der Waals surface area contributed by atoms with E-state index in [1.54, 1.807) is 0 Å². The monoisotopic (exact) mass is 157 g/mol. The summed E-state index contributed by atoms with van der Waals surface area (Å²) in [4.78, 5) is 0. The summed E-state index contributed by atoms with van der Waals surface area (Å²) in [5.74, 6) is 0. The second-order valence-electron chi connectivity index (χ2n) is 3.95. The van der Waals surface area contributed by atoms with Crippen LogP contribution < -0.4 is 5.73 Å². The molecule has 0 bridgehead atoms. The van der Waals surface area contributed by atoms with E-state index in [0.717, 1.165) is 19.6 Å². The van der Waals surface area contributed by atoms with Crippen molar-refractivity contribution in [2.45, 2.75) is 39.2 Å². The van der Waals surface area contributed by atoms with Crippen LogP contribution in [-0.4, -0.2) is 19.3 Å². The molecule has 0 aromatic heterocycles. The molecular weight excluding hydrogens is 138 g/mol. The van der Waals surface area contributed by atoms with Gasteiger partial charge in [-0.3, -0.25) is 0 Å². The Hall–Kier alpha value is -0.0800. The molecule has 0 aromatic carbocycles. The third-order valence-corrected chi connectivity index (χ3v) is 2.53. The summed E-state index contributed by atoms with van der Waals surface area (Å²) in [6.07, 6.45) is 3.53. The van der Waals surface area contributed by atoms with Gasteiger partial charge in [-0.1, -0.05) is 6.92 Å². The maximum absolute atomic E-state index is 5.83. The van der Waals surface area contributed by atoms with Gasteiger partial charge in [0.25, 0.3) is 0 Å². The number of hydrogen-bond donors (Lipinski definition) is 1. The lowest BCUT2D eigenvalue weighted by atomic mass is 9.90. The van der Waals surface area contributed by atoms with E-state index in [4.69, 9.17) is 10.5 Å². The maximum Gasteiger partial charge on any atom is 0.0520 e. The molecule has 0 heterocycles. The maximum atomic E-state index is 5.83. The third-order valence-electron chi connectivity index (χ3n) is 2.53. The summed E-state index contributed by atoms with van der Waals surface area (Å²) in [6, 6.07) is 0.417. The second kappa shape index (κ2) is 3.55. The lowest BCUT2D eigenvalue weighted by Crippen LogP contribution is -2.23. The second-order valence-corrected chi connectivity index (χ2v) is 3.95. The molecule has 1 rings (SSSR count). The van der Waals surface area contributed by atoms with Crippen LogP contribution in [0.5, 0.6) is 0 Å². The zero-order chi connectivity index (χ0) is 8.32. The Kier molecular flexibility index (Phi) is 2.90. The molecule has 2 N–H and O–H groups in total. The highest BCUT2D eigenvalue weighted by Gasteiger charge is 2.33. The highest BCUT2D eigenvalue weighted by molar-refractivity contribution is 4.87. The predicted octanol–water partition coefficient (Wildman–Crippen LogP) is 1.54. The zero-order valence-corrected chi connectivity index (χ0v) is 7.60. The van der Waals surface area contributed by atoms with Crippen molar-refractivity contribution in [2.75, 3.05) is 13.2 Å². The molecule has 1 aliphatic rings. The molecule has 0 saturated heterocycles. The van der Waals surface area contributed by atoms with E-state index < -0.39 is 0 Å². The Bertz CT molecular complexity index is 127. The fourth-order valence-electron chi connectivity index (χ4n) is 1.85. The topological polar surface area (TPSA) is 35.2 Å². The molecule has 1 fully saturated rings. The van der Waals surface area contributed by atoms with Crippen LogP contribution in [0.15, 0.2) is 0 Å². The van der Waals surface area contributed by atoms with Crippen LogP contribution in [0.1, 0.15) is 33.1 Å². The first-order valence-corrected chi connectivity index (χ1v) is 4.49. The highest BCUT2D eigenvalue weighted by atomic mass is 16.5. The molecule has 1 saturated carbocycles. The van der Waals surface area contributed by atoms with E-state index >= 15 is 0 Å². The summed E-state index contributed by atoms with van der Waals surface area (Å²) in [5.41, 5.74) is 6.20. The van der Waals surface area contributed by atoms with Crippen LogP contribution >= 0.6 is 0 Å². The van der Waals surface area contributed by atoms with Gasteiger partial charge in [0.15, 0.2) is 0 Å². The fraction of sp³-hybridized carbons (Fsp3) is 1.00. The average Bonchev–Trinajstić information content (AvgIpc) is 2.28. The Morgan fingerprint density at radius 2 is 2.36 bits per heavy atom. The number of nitrogens with two attached hydrogens (primary N) is 1. The van der Waals surface area contributed by atoms with Crippen LogP contribution in [-0.2, 0) is 4.74 Å². The normalized spacial score (nSPS) is 37.9. The molecule has 66 valence electrons. The van der Waals surface area contributed by atoms with Crippen molar-refractivity contribution >= 4 is 0 Å². The summed E-state index contributed by atoms with van der Waals surface area (Å²) in [7, 11) is 0. The van der Waals surface area contributed by atoms with Crippen molar-refractivity contribution in [1.29, 1.82) is 0 Å². The molecule has 0 spiro atoms. The Morgan fingerprint density at radius 1 is 1.64 bits per heavy atom. The van der Waals surface area contributed by atoms with Crippen molar-refractivity contribution < 1.29 is 4.74 Å². The van der Waals surface area contributed by atoms with Crippen LogP contribution in [0.3, 0.4) is 0 Å². The van der Waals surface area contributed by atoms with Gasteiger partial charge in [-0.05, 0) is 31.6 Å². The van der Waals surface area contributed by atoms with Crippen LogP contribution in [0.2, 0.25) is 0 Å². The minimum absolute atomic E-state index is 0.370. The molecule has 0 aromatic rings. The van der Waals surface area contributed by atoms with E-state index in [2.05, 4.69) is 6.92 Å². The molecule has 2 nitrogen and oxygen atoms in total.